The van der Waals surface area contributed by atoms with Gasteiger partial charge >= 0.3 is 0 Å². The van der Waals surface area contributed by atoms with Gasteiger partial charge in [0.2, 0.25) is 5.91 Å². The Morgan fingerprint density at radius 2 is 1.85 bits per heavy atom. The number of hydrogen-bond donors (Lipinski definition) is 1. The normalized spacial score (nSPS) is 20.5. The number of imide groups is 1. The van der Waals surface area contributed by atoms with E-state index in [2.05, 4.69) is 10.3 Å². The minimum Gasteiger partial charge on any atom is -0.304 e. The number of benzene rings is 1. The lowest BCUT2D eigenvalue weighted by atomic mass is 10.2. The molecule has 2 aliphatic rings. The Labute approximate surface area is 167 Å². The maximum Gasteiger partial charge on any atom is 0.293 e. The van der Waals surface area contributed by atoms with E-state index < -0.39 is 0 Å². The summed E-state index contributed by atoms with van der Waals surface area (Å²) in [4.78, 5) is 40.4. The van der Waals surface area contributed by atoms with E-state index >= 15 is 0 Å². The standard InChI is InChI=1S/C18H21ClN4O3S/c1-21-8-10-22(11-9-21)20-16(24)6-7-23-17(25)15(27-18(23)26)12-13-2-4-14(19)5-3-13/h2-5,12H,6-11H2,1H3,(H,20,24)/b15-12-. The second-order valence-electron chi connectivity index (χ2n) is 6.46. The summed E-state index contributed by atoms with van der Waals surface area (Å²) < 4.78 is 0. The minimum atomic E-state index is -0.368. The van der Waals surface area contributed by atoms with Crippen LogP contribution < -0.4 is 5.43 Å². The van der Waals surface area contributed by atoms with Crippen LogP contribution in [-0.2, 0) is 9.59 Å². The second-order valence-corrected chi connectivity index (χ2v) is 7.89. The number of carbonyl (C=O) groups excluding carboxylic acids is 3. The van der Waals surface area contributed by atoms with Crippen molar-refractivity contribution in [3.05, 3.63) is 39.8 Å². The summed E-state index contributed by atoms with van der Waals surface area (Å²) in [5.41, 5.74) is 3.62. The molecular weight excluding hydrogens is 388 g/mol. The van der Waals surface area contributed by atoms with E-state index in [9.17, 15) is 14.4 Å². The van der Waals surface area contributed by atoms with Crippen molar-refractivity contribution in [3.8, 4) is 0 Å². The number of hydrazine groups is 1. The van der Waals surface area contributed by atoms with Crippen LogP contribution in [0.25, 0.3) is 6.08 Å². The Morgan fingerprint density at radius 3 is 2.52 bits per heavy atom. The third kappa shape index (κ3) is 5.32. The highest BCUT2D eigenvalue weighted by atomic mass is 35.5. The largest absolute Gasteiger partial charge is 0.304 e. The smallest absolute Gasteiger partial charge is 0.293 e. The first-order valence-electron chi connectivity index (χ1n) is 8.66. The van der Waals surface area contributed by atoms with Gasteiger partial charge in [0.25, 0.3) is 11.1 Å². The molecule has 2 aliphatic heterocycles. The zero-order valence-electron chi connectivity index (χ0n) is 15.0. The van der Waals surface area contributed by atoms with E-state index in [0.29, 0.717) is 9.93 Å². The molecule has 3 amide bonds. The topological polar surface area (TPSA) is 73.0 Å². The molecule has 144 valence electrons. The SMILES string of the molecule is CN1CCN(NC(=O)CCN2C(=O)S/C(=C\c3ccc(Cl)cc3)C2=O)CC1. The molecule has 2 fully saturated rings. The third-order valence-electron chi connectivity index (χ3n) is 4.39. The summed E-state index contributed by atoms with van der Waals surface area (Å²) in [7, 11) is 2.04. The minimum absolute atomic E-state index is 0.0716. The lowest BCUT2D eigenvalue weighted by Crippen LogP contribution is -2.52. The van der Waals surface area contributed by atoms with E-state index in [0.717, 1.165) is 48.4 Å². The number of piperazine rings is 1. The zero-order chi connectivity index (χ0) is 19.4. The van der Waals surface area contributed by atoms with Crippen LogP contribution in [0.2, 0.25) is 5.02 Å². The van der Waals surface area contributed by atoms with Gasteiger partial charge in [-0.25, -0.2) is 5.01 Å². The highest BCUT2D eigenvalue weighted by molar-refractivity contribution is 8.18. The Hall–Kier alpha value is -1.87. The van der Waals surface area contributed by atoms with E-state index in [1.54, 1.807) is 30.3 Å². The summed E-state index contributed by atoms with van der Waals surface area (Å²) in [6.45, 7) is 3.36. The summed E-state index contributed by atoms with van der Waals surface area (Å²) in [5.74, 6) is -0.562. The summed E-state index contributed by atoms with van der Waals surface area (Å²) in [6.07, 6.45) is 1.74. The molecule has 0 bridgehead atoms. The number of amides is 3. The number of nitrogens with one attached hydrogen (secondary N) is 1. The fraction of sp³-hybridized carbons (Fsp3) is 0.389. The van der Waals surface area contributed by atoms with Gasteiger partial charge in [-0.05, 0) is 42.6 Å². The first-order chi connectivity index (χ1) is 12.9. The van der Waals surface area contributed by atoms with Crippen LogP contribution in [0.5, 0.6) is 0 Å². The van der Waals surface area contributed by atoms with Crippen LogP contribution in [0.3, 0.4) is 0 Å². The van der Waals surface area contributed by atoms with Gasteiger partial charge < -0.3 is 4.90 Å². The summed E-state index contributed by atoms with van der Waals surface area (Å²) in [5, 5.41) is 2.12. The van der Waals surface area contributed by atoms with E-state index in [-0.39, 0.29) is 30.0 Å². The van der Waals surface area contributed by atoms with Crippen molar-refractivity contribution < 1.29 is 14.4 Å². The lowest BCUT2D eigenvalue weighted by Gasteiger charge is -2.32. The average molecular weight is 409 g/mol. The Morgan fingerprint density at radius 1 is 1.19 bits per heavy atom. The predicted molar refractivity (Wildman–Crippen MR) is 106 cm³/mol. The monoisotopic (exact) mass is 408 g/mol. The molecule has 7 nitrogen and oxygen atoms in total. The maximum absolute atomic E-state index is 12.5. The van der Waals surface area contributed by atoms with Crippen molar-refractivity contribution in [2.75, 3.05) is 39.8 Å². The molecule has 0 spiro atoms. The van der Waals surface area contributed by atoms with Gasteiger partial charge in [0.15, 0.2) is 0 Å². The molecule has 0 aliphatic carbocycles. The fourth-order valence-electron chi connectivity index (χ4n) is 2.77. The molecule has 27 heavy (non-hydrogen) atoms. The van der Waals surface area contributed by atoms with Crippen LogP contribution in [0.4, 0.5) is 4.79 Å². The van der Waals surface area contributed by atoms with Gasteiger partial charge in [0.05, 0.1) is 4.91 Å². The van der Waals surface area contributed by atoms with Crippen molar-refractivity contribution in [3.63, 3.8) is 0 Å². The molecule has 2 heterocycles. The molecule has 2 saturated heterocycles. The Bertz CT molecular complexity index is 760. The number of carbonyl (C=O) groups is 3. The van der Waals surface area contributed by atoms with Gasteiger partial charge in [-0.15, -0.1) is 0 Å². The summed E-state index contributed by atoms with van der Waals surface area (Å²) >= 11 is 6.74. The number of halogens is 1. The number of hydrogen-bond acceptors (Lipinski definition) is 6. The summed E-state index contributed by atoms with van der Waals surface area (Å²) in [6, 6.07) is 7.00. The maximum atomic E-state index is 12.5. The van der Waals surface area contributed by atoms with Gasteiger partial charge in [-0.2, -0.15) is 0 Å². The van der Waals surface area contributed by atoms with Crippen LogP contribution >= 0.6 is 23.4 Å². The van der Waals surface area contributed by atoms with Gasteiger partial charge in [-0.3, -0.25) is 24.7 Å². The molecule has 3 rings (SSSR count). The molecule has 0 saturated carbocycles. The first kappa shape index (κ1) is 19.9. The van der Waals surface area contributed by atoms with Gasteiger partial charge in [0, 0.05) is 44.2 Å². The molecular formula is C18H21ClN4O3S. The number of thioether (sulfide) groups is 1. The average Bonchev–Trinajstić information content (AvgIpc) is 2.90. The number of likely N-dealkylation sites (N-methyl/N-ethyl adjacent to an activating group) is 1. The molecule has 0 aromatic heterocycles. The van der Waals surface area contributed by atoms with Crippen LogP contribution in [-0.4, -0.2) is 71.6 Å². The lowest BCUT2D eigenvalue weighted by molar-refractivity contribution is -0.127. The molecule has 0 radical (unpaired) electrons. The highest BCUT2D eigenvalue weighted by Crippen LogP contribution is 2.32. The van der Waals surface area contributed by atoms with Crippen molar-refractivity contribution in [1.82, 2.24) is 20.2 Å². The van der Waals surface area contributed by atoms with Crippen LogP contribution in [0.1, 0.15) is 12.0 Å². The van der Waals surface area contributed by atoms with Crippen molar-refractivity contribution in [2.45, 2.75) is 6.42 Å². The first-order valence-corrected chi connectivity index (χ1v) is 9.86. The van der Waals surface area contributed by atoms with Crippen molar-refractivity contribution in [2.24, 2.45) is 0 Å². The molecule has 9 heteroatoms. The second kappa shape index (κ2) is 8.88. The van der Waals surface area contributed by atoms with Crippen molar-refractivity contribution >= 4 is 46.5 Å². The Kier molecular flexibility index (Phi) is 6.54. The van der Waals surface area contributed by atoms with Crippen molar-refractivity contribution in [1.29, 1.82) is 0 Å². The molecule has 0 atom stereocenters. The number of rotatable bonds is 5. The molecule has 1 aromatic rings. The third-order valence-corrected chi connectivity index (χ3v) is 5.55. The fourth-order valence-corrected chi connectivity index (χ4v) is 3.76. The van der Waals surface area contributed by atoms with E-state index in [4.69, 9.17) is 11.6 Å². The predicted octanol–water partition coefficient (Wildman–Crippen LogP) is 2.04. The quantitative estimate of drug-likeness (QED) is 0.752. The van der Waals surface area contributed by atoms with Crippen LogP contribution in [0, 0.1) is 0 Å². The molecule has 0 unspecified atom stereocenters. The van der Waals surface area contributed by atoms with Gasteiger partial charge in [0.1, 0.15) is 0 Å². The number of nitrogens with zero attached hydrogens (tertiary/aromatic N) is 3. The van der Waals surface area contributed by atoms with Crippen LogP contribution in [0.15, 0.2) is 29.2 Å². The molecule has 1 N–H and O–H groups in total. The van der Waals surface area contributed by atoms with E-state index in [1.807, 2.05) is 12.1 Å². The van der Waals surface area contributed by atoms with Gasteiger partial charge in [-0.1, -0.05) is 23.7 Å². The highest BCUT2D eigenvalue weighted by Gasteiger charge is 2.35. The Balaban J connectivity index is 1.53. The zero-order valence-corrected chi connectivity index (χ0v) is 16.6. The molecule has 1 aromatic carbocycles. The van der Waals surface area contributed by atoms with E-state index in [1.165, 1.54) is 0 Å².